The summed E-state index contributed by atoms with van der Waals surface area (Å²) < 4.78 is 9.33. The Hall–Kier alpha value is -2.22. The molecule has 0 aliphatic heterocycles. The van der Waals surface area contributed by atoms with E-state index < -0.39 is 11.9 Å². The molecule has 0 unspecified atom stereocenters. The predicted molar refractivity (Wildman–Crippen MR) is 72.1 cm³/mol. The Morgan fingerprint density at radius 1 is 1.45 bits per heavy atom. The van der Waals surface area contributed by atoms with Gasteiger partial charge in [-0.3, -0.25) is 0 Å². The third-order valence-electron chi connectivity index (χ3n) is 2.08. The van der Waals surface area contributed by atoms with E-state index in [0.717, 1.165) is 11.3 Å². The second kappa shape index (κ2) is 7.39. The van der Waals surface area contributed by atoms with Gasteiger partial charge in [-0.25, -0.2) is 9.59 Å². The fraction of sp³-hybridized carbons (Fsp3) is 0.333. The molecule has 0 aliphatic carbocycles. The molecular formula is C12H14N2O5S. The van der Waals surface area contributed by atoms with Crippen molar-refractivity contribution in [3.63, 3.8) is 0 Å². The highest BCUT2D eigenvalue weighted by Crippen LogP contribution is 2.27. The van der Waals surface area contributed by atoms with Gasteiger partial charge in [-0.1, -0.05) is 0 Å². The summed E-state index contributed by atoms with van der Waals surface area (Å²) in [6, 6.07) is 1.55. The van der Waals surface area contributed by atoms with Gasteiger partial charge in [-0.15, -0.1) is 21.6 Å². The molecule has 7 nitrogen and oxygen atoms in total. The predicted octanol–water partition coefficient (Wildman–Crippen LogP) is 2.97. The lowest BCUT2D eigenvalue weighted by Crippen LogP contribution is -2.07. The summed E-state index contributed by atoms with van der Waals surface area (Å²) in [6.07, 6.45) is 0. The summed E-state index contributed by atoms with van der Waals surface area (Å²) in [7, 11) is 1.25. The van der Waals surface area contributed by atoms with Crippen LogP contribution in [0.3, 0.4) is 0 Å². The lowest BCUT2D eigenvalue weighted by molar-refractivity contribution is -0.138. The number of esters is 2. The van der Waals surface area contributed by atoms with E-state index in [1.165, 1.54) is 14.0 Å². The van der Waals surface area contributed by atoms with Gasteiger partial charge < -0.3 is 14.6 Å². The zero-order chi connectivity index (χ0) is 15.1. The lowest BCUT2D eigenvalue weighted by Gasteiger charge is -2.02. The molecule has 1 N–H and O–H groups in total. The summed E-state index contributed by atoms with van der Waals surface area (Å²) >= 11 is 1.14. The Morgan fingerprint density at radius 3 is 2.70 bits per heavy atom. The van der Waals surface area contributed by atoms with Crippen LogP contribution in [0.5, 0.6) is 0 Å². The van der Waals surface area contributed by atoms with Crippen molar-refractivity contribution in [2.24, 2.45) is 10.2 Å². The smallest absolute Gasteiger partial charge is 0.362 e. The van der Waals surface area contributed by atoms with Crippen molar-refractivity contribution in [1.82, 2.24) is 0 Å². The van der Waals surface area contributed by atoms with E-state index in [2.05, 4.69) is 15.0 Å². The van der Waals surface area contributed by atoms with Crippen molar-refractivity contribution in [1.29, 1.82) is 0 Å². The average Bonchev–Trinajstić information content (AvgIpc) is 2.86. The first-order chi connectivity index (χ1) is 9.51. The standard InChI is InChI=1S/C12H14N2O5S/c1-4-19-11(16)9(7(2)15)14-13-8-5-6-20-10(8)12(17)18-3/h5-6,15H,4H2,1-3H3/b9-7+,14-13?. The number of allylic oxidation sites excluding steroid dienone is 1. The molecule has 0 atom stereocenters. The zero-order valence-electron chi connectivity index (χ0n) is 11.2. The van der Waals surface area contributed by atoms with Crippen LogP contribution in [0.15, 0.2) is 33.1 Å². The highest BCUT2D eigenvalue weighted by atomic mass is 32.1. The minimum absolute atomic E-state index is 0.150. The number of aliphatic hydroxyl groups excluding tert-OH is 1. The second-order valence-corrected chi connectivity index (χ2v) is 4.40. The molecule has 1 rings (SSSR count). The summed E-state index contributed by atoms with van der Waals surface area (Å²) in [5.41, 5.74) is -0.0567. The highest BCUT2D eigenvalue weighted by molar-refractivity contribution is 7.12. The first kappa shape index (κ1) is 15.8. The normalized spacial score (nSPS) is 12.2. The van der Waals surface area contributed by atoms with Gasteiger partial charge in [0.05, 0.1) is 13.7 Å². The average molecular weight is 298 g/mol. The molecule has 0 spiro atoms. The molecule has 0 aliphatic rings. The molecule has 0 saturated carbocycles. The number of hydrogen-bond donors (Lipinski definition) is 1. The molecule has 20 heavy (non-hydrogen) atoms. The number of thiophene rings is 1. The fourth-order valence-corrected chi connectivity index (χ4v) is 1.93. The van der Waals surface area contributed by atoms with E-state index >= 15 is 0 Å². The third kappa shape index (κ3) is 3.89. The third-order valence-corrected chi connectivity index (χ3v) is 2.97. The summed E-state index contributed by atoms with van der Waals surface area (Å²) in [5, 5.41) is 18.5. The Bertz CT molecular complexity index is 558. The molecule has 0 aromatic carbocycles. The van der Waals surface area contributed by atoms with Crippen LogP contribution in [-0.2, 0) is 14.3 Å². The second-order valence-electron chi connectivity index (χ2n) is 3.48. The van der Waals surface area contributed by atoms with Gasteiger partial charge in [-0.05, 0) is 25.3 Å². The molecule has 8 heteroatoms. The minimum atomic E-state index is -0.786. The summed E-state index contributed by atoms with van der Waals surface area (Å²) in [5.74, 6) is -1.65. The van der Waals surface area contributed by atoms with Crippen molar-refractivity contribution in [3.8, 4) is 0 Å². The number of carbonyl (C=O) groups excluding carboxylic acids is 2. The Balaban J connectivity index is 3.01. The minimum Gasteiger partial charge on any atom is -0.510 e. The van der Waals surface area contributed by atoms with E-state index in [4.69, 9.17) is 4.74 Å². The number of carbonyl (C=O) groups is 2. The molecule has 0 radical (unpaired) electrons. The van der Waals surface area contributed by atoms with Gasteiger partial charge in [-0.2, -0.15) is 0 Å². The van der Waals surface area contributed by atoms with E-state index in [9.17, 15) is 14.7 Å². The van der Waals surface area contributed by atoms with Gasteiger partial charge >= 0.3 is 11.9 Å². The largest absolute Gasteiger partial charge is 0.510 e. The molecule has 1 aromatic heterocycles. The number of hydrogen-bond acceptors (Lipinski definition) is 8. The van der Waals surface area contributed by atoms with Crippen molar-refractivity contribution >= 4 is 29.0 Å². The topological polar surface area (TPSA) is 97.6 Å². The first-order valence-corrected chi connectivity index (χ1v) is 6.53. The number of methoxy groups -OCH3 is 1. The van der Waals surface area contributed by atoms with E-state index in [1.54, 1.807) is 18.4 Å². The molecule has 0 saturated heterocycles. The summed E-state index contributed by atoms with van der Waals surface area (Å²) in [6.45, 7) is 3.07. The Morgan fingerprint density at radius 2 is 2.15 bits per heavy atom. The maximum atomic E-state index is 11.5. The van der Waals surface area contributed by atoms with E-state index in [-0.39, 0.29) is 28.6 Å². The molecule has 0 fully saturated rings. The monoisotopic (exact) mass is 298 g/mol. The number of azo groups is 1. The van der Waals surface area contributed by atoms with Crippen molar-refractivity contribution in [2.75, 3.05) is 13.7 Å². The van der Waals surface area contributed by atoms with Crippen LogP contribution >= 0.6 is 11.3 Å². The van der Waals surface area contributed by atoms with Gasteiger partial charge in [0.1, 0.15) is 16.3 Å². The van der Waals surface area contributed by atoms with Gasteiger partial charge in [0.25, 0.3) is 0 Å². The van der Waals surface area contributed by atoms with Crippen molar-refractivity contribution in [3.05, 3.63) is 27.8 Å². The first-order valence-electron chi connectivity index (χ1n) is 5.65. The van der Waals surface area contributed by atoms with Crippen molar-refractivity contribution < 1.29 is 24.2 Å². The van der Waals surface area contributed by atoms with Crippen LogP contribution < -0.4 is 0 Å². The maximum Gasteiger partial charge on any atom is 0.362 e. The van der Waals surface area contributed by atoms with Crippen LogP contribution in [0.1, 0.15) is 23.5 Å². The molecule has 0 bridgehead atoms. The van der Waals surface area contributed by atoms with Crippen LogP contribution in [0, 0.1) is 0 Å². The van der Waals surface area contributed by atoms with Gasteiger partial charge in [0, 0.05) is 0 Å². The molecule has 0 amide bonds. The summed E-state index contributed by atoms with van der Waals surface area (Å²) in [4.78, 5) is 23.2. The van der Waals surface area contributed by atoms with Crippen LogP contribution in [-0.4, -0.2) is 30.8 Å². The van der Waals surface area contributed by atoms with Crippen LogP contribution in [0.2, 0.25) is 0 Å². The zero-order valence-corrected chi connectivity index (χ0v) is 12.1. The lowest BCUT2D eigenvalue weighted by atomic mass is 10.4. The Labute approximate surface area is 119 Å². The molecule has 108 valence electrons. The molecular weight excluding hydrogens is 284 g/mol. The number of nitrogens with zero attached hydrogens (tertiary/aromatic N) is 2. The quantitative estimate of drug-likeness (QED) is 0.390. The number of rotatable bonds is 5. The number of ether oxygens (including phenoxy) is 2. The molecule has 1 heterocycles. The Kier molecular flexibility index (Phi) is 5.85. The van der Waals surface area contributed by atoms with Crippen LogP contribution in [0.25, 0.3) is 0 Å². The number of aliphatic hydroxyl groups is 1. The SMILES string of the molecule is CCOC(=O)/C(N=Nc1ccsc1C(=O)OC)=C(/C)O. The van der Waals surface area contributed by atoms with E-state index in [0.29, 0.717) is 0 Å². The maximum absolute atomic E-state index is 11.5. The van der Waals surface area contributed by atoms with Crippen LogP contribution in [0.4, 0.5) is 5.69 Å². The van der Waals surface area contributed by atoms with E-state index in [1.807, 2.05) is 0 Å². The fourth-order valence-electron chi connectivity index (χ4n) is 1.19. The van der Waals surface area contributed by atoms with Crippen molar-refractivity contribution in [2.45, 2.75) is 13.8 Å². The van der Waals surface area contributed by atoms with Gasteiger partial charge in [0.15, 0.2) is 0 Å². The highest BCUT2D eigenvalue weighted by Gasteiger charge is 2.16. The molecule has 1 aromatic rings. The van der Waals surface area contributed by atoms with Gasteiger partial charge in [0.2, 0.25) is 5.70 Å².